The standard InChI is InChI=1S/C27H34N6O5/c1-19-3-6-22(29-11-19)15-33(16-23-7-4-20(12-30-23)26(37)28-9-2-10-34)17-24-8-5-21(13-31-24)27(38)32-14-25(36)18-35/h3-8,11-13,25,34-36H,2,9-10,14-18H2,1H3,(H,28,37)(H,32,38). The molecule has 0 bridgehead atoms. The highest BCUT2D eigenvalue weighted by atomic mass is 16.3. The van der Waals surface area contributed by atoms with Crippen LogP contribution in [-0.2, 0) is 19.6 Å². The number of nitrogens with one attached hydrogen (secondary N) is 2. The van der Waals surface area contributed by atoms with E-state index in [4.69, 9.17) is 10.2 Å². The quantitative estimate of drug-likeness (QED) is 0.191. The summed E-state index contributed by atoms with van der Waals surface area (Å²) in [4.78, 5) is 40.0. The van der Waals surface area contributed by atoms with Gasteiger partial charge in [0.15, 0.2) is 0 Å². The first-order valence-corrected chi connectivity index (χ1v) is 12.4. The van der Waals surface area contributed by atoms with Gasteiger partial charge in [0, 0.05) is 57.9 Å². The fourth-order valence-corrected chi connectivity index (χ4v) is 3.51. The van der Waals surface area contributed by atoms with Crippen molar-refractivity contribution in [2.75, 3.05) is 26.3 Å². The number of rotatable bonds is 14. The number of aryl methyl sites for hydroxylation is 1. The van der Waals surface area contributed by atoms with Crippen LogP contribution in [0.2, 0.25) is 0 Å². The van der Waals surface area contributed by atoms with E-state index in [2.05, 4.69) is 30.5 Å². The zero-order valence-electron chi connectivity index (χ0n) is 21.4. The number of carbonyl (C=O) groups is 2. The summed E-state index contributed by atoms with van der Waals surface area (Å²) in [6, 6.07) is 10.9. The van der Waals surface area contributed by atoms with Gasteiger partial charge in [-0.2, -0.15) is 0 Å². The summed E-state index contributed by atoms with van der Waals surface area (Å²) in [5.74, 6) is -0.626. The predicted octanol–water partition coefficient (Wildman–Crippen LogP) is 0.578. The molecule has 2 amide bonds. The van der Waals surface area contributed by atoms with Crippen LogP contribution >= 0.6 is 0 Å². The summed E-state index contributed by atoms with van der Waals surface area (Å²) in [6.07, 6.45) is 4.30. The molecule has 38 heavy (non-hydrogen) atoms. The van der Waals surface area contributed by atoms with Gasteiger partial charge in [-0.1, -0.05) is 6.07 Å². The van der Waals surface area contributed by atoms with Crippen molar-refractivity contribution < 1.29 is 24.9 Å². The molecule has 1 atom stereocenters. The summed E-state index contributed by atoms with van der Waals surface area (Å²) in [5.41, 5.74) is 4.25. The first-order valence-electron chi connectivity index (χ1n) is 12.4. The Kier molecular flexibility index (Phi) is 11.2. The molecule has 0 aromatic carbocycles. The molecule has 0 aliphatic heterocycles. The SMILES string of the molecule is Cc1ccc(CN(Cc2ccc(C(=O)NCCCO)cn2)Cc2ccc(C(=O)NCC(O)CO)cn2)nc1. The highest BCUT2D eigenvalue weighted by Gasteiger charge is 2.14. The average molecular weight is 523 g/mol. The molecular weight excluding hydrogens is 488 g/mol. The van der Waals surface area contributed by atoms with Crippen LogP contribution in [0.15, 0.2) is 55.0 Å². The molecule has 0 spiro atoms. The second-order valence-corrected chi connectivity index (χ2v) is 8.93. The molecule has 0 saturated carbocycles. The molecule has 0 fully saturated rings. The highest BCUT2D eigenvalue weighted by molar-refractivity contribution is 5.94. The normalized spacial score (nSPS) is 11.8. The lowest BCUT2D eigenvalue weighted by Crippen LogP contribution is -2.34. The van der Waals surface area contributed by atoms with Crippen molar-refractivity contribution in [3.8, 4) is 0 Å². The van der Waals surface area contributed by atoms with Crippen LogP contribution in [0, 0.1) is 6.92 Å². The lowest BCUT2D eigenvalue weighted by Gasteiger charge is -2.21. The van der Waals surface area contributed by atoms with Crippen LogP contribution < -0.4 is 10.6 Å². The van der Waals surface area contributed by atoms with E-state index in [1.165, 1.54) is 12.4 Å². The first kappa shape index (κ1) is 28.8. The molecule has 11 nitrogen and oxygen atoms in total. The number of aliphatic hydroxyl groups is 3. The Balaban J connectivity index is 1.68. The van der Waals surface area contributed by atoms with Gasteiger partial charge in [-0.25, -0.2) is 0 Å². The van der Waals surface area contributed by atoms with Crippen LogP contribution in [0.5, 0.6) is 0 Å². The molecule has 3 aromatic rings. The minimum Gasteiger partial charge on any atom is -0.396 e. The molecule has 5 N–H and O–H groups in total. The Bertz CT molecular complexity index is 1160. The highest BCUT2D eigenvalue weighted by Crippen LogP contribution is 2.13. The van der Waals surface area contributed by atoms with Crippen LogP contribution in [0.25, 0.3) is 0 Å². The van der Waals surface area contributed by atoms with Gasteiger partial charge < -0.3 is 26.0 Å². The Hall–Kier alpha value is -3.77. The third kappa shape index (κ3) is 9.27. The molecule has 1 unspecified atom stereocenters. The van der Waals surface area contributed by atoms with Gasteiger partial charge in [-0.15, -0.1) is 0 Å². The van der Waals surface area contributed by atoms with Crippen molar-refractivity contribution in [1.82, 2.24) is 30.5 Å². The maximum absolute atomic E-state index is 12.2. The van der Waals surface area contributed by atoms with Crippen molar-refractivity contribution >= 4 is 11.8 Å². The number of nitrogens with zero attached hydrogens (tertiary/aromatic N) is 4. The van der Waals surface area contributed by atoms with Gasteiger partial charge in [0.05, 0.1) is 40.9 Å². The Morgan fingerprint density at radius 2 is 1.34 bits per heavy atom. The van der Waals surface area contributed by atoms with Crippen LogP contribution in [0.3, 0.4) is 0 Å². The van der Waals surface area contributed by atoms with Crippen molar-refractivity contribution in [2.45, 2.75) is 39.1 Å². The topological polar surface area (TPSA) is 161 Å². The molecule has 0 saturated heterocycles. The van der Waals surface area contributed by atoms with Gasteiger partial charge in [-0.3, -0.25) is 29.4 Å². The number of hydrogen-bond acceptors (Lipinski definition) is 9. The fourth-order valence-electron chi connectivity index (χ4n) is 3.51. The zero-order chi connectivity index (χ0) is 27.3. The molecule has 3 heterocycles. The Morgan fingerprint density at radius 1 is 0.816 bits per heavy atom. The van der Waals surface area contributed by atoms with Gasteiger partial charge in [0.25, 0.3) is 11.8 Å². The summed E-state index contributed by atoms with van der Waals surface area (Å²) in [6.45, 7) is 3.38. The van der Waals surface area contributed by atoms with Gasteiger partial charge in [0.2, 0.25) is 0 Å². The number of pyridine rings is 3. The summed E-state index contributed by atoms with van der Waals surface area (Å²) in [7, 11) is 0. The first-order chi connectivity index (χ1) is 18.4. The largest absolute Gasteiger partial charge is 0.396 e. The zero-order valence-corrected chi connectivity index (χ0v) is 21.4. The molecule has 3 rings (SSSR count). The monoisotopic (exact) mass is 522 g/mol. The second-order valence-electron chi connectivity index (χ2n) is 8.93. The summed E-state index contributed by atoms with van der Waals surface area (Å²) in [5, 5.41) is 32.5. The Labute approximate surface area is 221 Å². The van der Waals surface area contributed by atoms with Crippen molar-refractivity contribution in [1.29, 1.82) is 0 Å². The molecule has 202 valence electrons. The van der Waals surface area contributed by atoms with Gasteiger partial charge >= 0.3 is 0 Å². The van der Waals surface area contributed by atoms with E-state index >= 15 is 0 Å². The molecule has 0 aliphatic rings. The summed E-state index contributed by atoms with van der Waals surface area (Å²) >= 11 is 0. The average Bonchev–Trinajstić information content (AvgIpc) is 2.93. The predicted molar refractivity (Wildman–Crippen MR) is 140 cm³/mol. The second kappa shape index (κ2) is 14.8. The van der Waals surface area contributed by atoms with E-state index in [0.29, 0.717) is 43.7 Å². The minimum absolute atomic E-state index is 0.0166. The fraction of sp³-hybridized carbons (Fsp3) is 0.370. The molecule has 0 radical (unpaired) electrons. The lowest BCUT2D eigenvalue weighted by molar-refractivity contribution is 0.0801. The number of hydrogen-bond donors (Lipinski definition) is 5. The van der Waals surface area contributed by atoms with Crippen LogP contribution in [-0.4, -0.2) is 79.4 Å². The lowest BCUT2D eigenvalue weighted by atomic mass is 10.2. The third-order valence-corrected chi connectivity index (χ3v) is 5.63. The van der Waals surface area contributed by atoms with E-state index in [1.54, 1.807) is 24.3 Å². The molecule has 11 heteroatoms. The van der Waals surface area contributed by atoms with E-state index in [0.717, 1.165) is 22.6 Å². The third-order valence-electron chi connectivity index (χ3n) is 5.63. The van der Waals surface area contributed by atoms with Crippen molar-refractivity contribution in [3.63, 3.8) is 0 Å². The van der Waals surface area contributed by atoms with Crippen molar-refractivity contribution in [3.05, 3.63) is 88.8 Å². The number of aromatic nitrogens is 3. The smallest absolute Gasteiger partial charge is 0.252 e. The maximum atomic E-state index is 12.2. The van der Waals surface area contributed by atoms with Gasteiger partial charge in [0.1, 0.15) is 0 Å². The molecular formula is C27H34N6O5. The van der Waals surface area contributed by atoms with E-state index < -0.39 is 12.7 Å². The van der Waals surface area contributed by atoms with Crippen molar-refractivity contribution in [2.24, 2.45) is 0 Å². The minimum atomic E-state index is -1.02. The Morgan fingerprint density at radius 3 is 1.79 bits per heavy atom. The van der Waals surface area contributed by atoms with E-state index in [-0.39, 0.29) is 25.0 Å². The van der Waals surface area contributed by atoms with Crippen LogP contribution in [0.4, 0.5) is 0 Å². The molecule has 0 aliphatic carbocycles. The number of carbonyl (C=O) groups excluding carboxylic acids is 2. The number of amides is 2. The van der Waals surface area contributed by atoms with Gasteiger partial charge in [-0.05, 0) is 49.2 Å². The van der Waals surface area contributed by atoms with E-state index in [1.807, 2.05) is 25.3 Å². The number of aliphatic hydroxyl groups excluding tert-OH is 3. The maximum Gasteiger partial charge on any atom is 0.252 e. The van der Waals surface area contributed by atoms with Crippen LogP contribution in [0.1, 0.15) is 49.8 Å². The molecule has 3 aromatic heterocycles. The summed E-state index contributed by atoms with van der Waals surface area (Å²) < 4.78 is 0. The van der Waals surface area contributed by atoms with E-state index in [9.17, 15) is 14.7 Å².